The summed E-state index contributed by atoms with van der Waals surface area (Å²) in [5, 5.41) is 7.53. The maximum Gasteiger partial charge on any atom is 0.348 e. The molecule has 0 amide bonds. The monoisotopic (exact) mass is 272 g/mol. The summed E-state index contributed by atoms with van der Waals surface area (Å²) < 4.78 is 4.70. The van der Waals surface area contributed by atoms with E-state index in [9.17, 15) is 4.79 Å². The first-order chi connectivity index (χ1) is 8.08. The van der Waals surface area contributed by atoms with E-state index in [1.54, 1.807) is 0 Å². The number of rotatable bonds is 4. The summed E-state index contributed by atoms with van der Waals surface area (Å²) in [6.45, 7) is 4.77. The lowest BCUT2D eigenvalue weighted by Gasteiger charge is -2.06. The van der Waals surface area contributed by atoms with Crippen LogP contribution in [-0.2, 0) is 4.74 Å². The summed E-state index contributed by atoms with van der Waals surface area (Å²) >= 11 is 6.46. The molecule has 0 aromatic carbocycles. The van der Waals surface area contributed by atoms with E-state index in [1.807, 2.05) is 13.0 Å². The van der Waals surface area contributed by atoms with Crippen molar-refractivity contribution in [2.24, 2.45) is 0 Å². The molecule has 6 heteroatoms. The number of hydrogen-bond acceptors (Lipinski definition) is 4. The first-order valence-corrected chi connectivity index (χ1v) is 6.54. The zero-order chi connectivity index (χ0) is 12.8. The van der Waals surface area contributed by atoms with Crippen molar-refractivity contribution in [3.05, 3.63) is 16.5 Å². The third-order valence-corrected chi connectivity index (χ3v) is 3.44. The van der Waals surface area contributed by atoms with Crippen molar-refractivity contribution in [2.45, 2.75) is 20.3 Å². The molecule has 1 heterocycles. The predicted octanol–water partition coefficient (Wildman–Crippen LogP) is 2.54. The Bertz CT molecular complexity index is 416. The van der Waals surface area contributed by atoms with Gasteiger partial charge < -0.3 is 15.4 Å². The largest absolute Gasteiger partial charge is 0.465 e. The van der Waals surface area contributed by atoms with Gasteiger partial charge in [0.05, 0.1) is 12.1 Å². The molecule has 0 bridgehead atoms. The number of esters is 1. The Hall–Kier alpha value is -1.14. The minimum absolute atomic E-state index is 0.312. The van der Waals surface area contributed by atoms with E-state index in [-0.39, 0.29) is 5.97 Å². The second-order valence-electron chi connectivity index (χ2n) is 3.50. The molecule has 0 radical (unpaired) electrons. The average Bonchev–Trinajstić information content (AvgIpc) is 2.66. The summed E-state index contributed by atoms with van der Waals surface area (Å²) in [4.78, 5) is 12.0. The fourth-order valence-corrected chi connectivity index (χ4v) is 2.51. The molecule has 94 valence electrons. The molecule has 0 aliphatic rings. The smallest absolute Gasteiger partial charge is 0.348 e. The third kappa shape index (κ3) is 3.98. The highest BCUT2D eigenvalue weighted by Crippen LogP contribution is 2.27. The molecular weight excluding hydrogens is 256 g/mol. The highest BCUT2D eigenvalue weighted by Gasteiger charge is 2.14. The average molecular weight is 272 g/mol. The molecule has 1 aromatic rings. The predicted molar refractivity (Wildman–Crippen MR) is 74.9 cm³/mol. The van der Waals surface area contributed by atoms with Gasteiger partial charge in [0.25, 0.3) is 0 Å². The summed E-state index contributed by atoms with van der Waals surface area (Å²) in [5.41, 5.74) is 0.891. The van der Waals surface area contributed by atoms with E-state index < -0.39 is 0 Å². The van der Waals surface area contributed by atoms with E-state index in [0.717, 1.165) is 23.5 Å². The molecule has 0 saturated heterocycles. The third-order valence-electron chi connectivity index (χ3n) is 2.06. The van der Waals surface area contributed by atoms with Crippen LogP contribution in [-0.4, -0.2) is 24.7 Å². The number of methoxy groups -OCH3 is 1. The molecule has 0 spiro atoms. The fraction of sp³-hybridized carbons (Fsp3) is 0.455. The number of hydrogen-bond donors (Lipinski definition) is 2. The van der Waals surface area contributed by atoms with Crippen LogP contribution in [0.3, 0.4) is 0 Å². The molecule has 0 saturated carbocycles. The molecular formula is C11H16N2O2S2. The minimum Gasteiger partial charge on any atom is -0.465 e. The van der Waals surface area contributed by atoms with Gasteiger partial charge in [-0.15, -0.1) is 11.3 Å². The van der Waals surface area contributed by atoms with Crippen molar-refractivity contribution in [2.75, 3.05) is 19.0 Å². The molecule has 0 fully saturated rings. The van der Waals surface area contributed by atoms with Crippen LogP contribution in [0.4, 0.5) is 5.00 Å². The molecule has 2 N–H and O–H groups in total. The van der Waals surface area contributed by atoms with Crippen LogP contribution >= 0.6 is 23.6 Å². The van der Waals surface area contributed by atoms with Gasteiger partial charge in [0.2, 0.25) is 0 Å². The molecule has 17 heavy (non-hydrogen) atoms. The fourth-order valence-electron chi connectivity index (χ4n) is 1.23. The van der Waals surface area contributed by atoms with Crippen LogP contribution in [0.15, 0.2) is 6.07 Å². The quantitative estimate of drug-likeness (QED) is 0.651. The van der Waals surface area contributed by atoms with Crippen molar-refractivity contribution >= 4 is 39.6 Å². The number of nitrogens with one attached hydrogen (secondary N) is 2. The normalized spacial score (nSPS) is 9.82. The van der Waals surface area contributed by atoms with Crippen molar-refractivity contribution in [3.8, 4) is 0 Å². The zero-order valence-corrected chi connectivity index (χ0v) is 11.8. The van der Waals surface area contributed by atoms with Crippen molar-refractivity contribution < 1.29 is 9.53 Å². The molecule has 0 aliphatic heterocycles. The highest BCUT2D eigenvalue weighted by molar-refractivity contribution is 7.80. The van der Waals surface area contributed by atoms with Crippen LogP contribution in [0, 0.1) is 6.92 Å². The lowest BCUT2D eigenvalue weighted by Crippen LogP contribution is -2.28. The second kappa shape index (κ2) is 6.56. The van der Waals surface area contributed by atoms with Gasteiger partial charge in [-0.3, -0.25) is 0 Å². The lowest BCUT2D eigenvalue weighted by atomic mass is 10.3. The molecule has 1 rings (SSSR count). The topological polar surface area (TPSA) is 50.4 Å². The van der Waals surface area contributed by atoms with Gasteiger partial charge >= 0.3 is 5.97 Å². The summed E-state index contributed by atoms with van der Waals surface area (Å²) in [6.07, 6.45) is 1.01. The number of carbonyl (C=O) groups excluding carboxylic acids is 1. The Morgan fingerprint density at radius 2 is 2.29 bits per heavy atom. The Morgan fingerprint density at radius 3 is 2.88 bits per heavy atom. The van der Waals surface area contributed by atoms with Gasteiger partial charge in [-0.25, -0.2) is 4.79 Å². The Labute approximate surface area is 110 Å². The molecule has 0 unspecified atom stereocenters. The van der Waals surface area contributed by atoms with Crippen LogP contribution in [0.2, 0.25) is 0 Å². The Kier molecular flexibility index (Phi) is 5.37. The van der Waals surface area contributed by atoms with Crippen LogP contribution in [0.25, 0.3) is 0 Å². The van der Waals surface area contributed by atoms with Gasteiger partial charge in [-0.1, -0.05) is 6.92 Å². The van der Waals surface area contributed by atoms with E-state index in [1.165, 1.54) is 18.4 Å². The van der Waals surface area contributed by atoms with E-state index in [4.69, 9.17) is 17.0 Å². The SMILES string of the molecule is CCCNC(=S)Nc1cc(C)c(C(=O)OC)s1. The van der Waals surface area contributed by atoms with Crippen LogP contribution in [0.1, 0.15) is 28.6 Å². The van der Waals surface area contributed by atoms with Crippen LogP contribution in [0.5, 0.6) is 0 Å². The molecule has 0 aliphatic carbocycles. The molecule has 1 aromatic heterocycles. The number of aryl methyl sites for hydroxylation is 1. The Balaban J connectivity index is 2.67. The number of anilines is 1. The van der Waals surface area contributed by atoms with Gasteiger partial charge in [0.1, 0.15) is 4.88 Å². The standard InChI is InChI=1S/C11H16N2O2S2/c1-4-5-12-11(16)13-8-6-7(2)9(17-8)10(14)15-3/h6H,4-5H2,1-3H3,(H2,12,13,16). The van der Waals surface area contributed by atoms with Crippen molar-refractivity contribution in [1.82, 2.24) is 5.32 Å². The second-order valence-corrected chi connectivity index (χ2v) is 4.96. The molecule has 0 atom stereocenters. The number of thiocarbonyl (C=S) groups is 1. The lowest BCUT2D eigenvalue weighted by molar-refractivity contribution is 0.0605. The summed E-state index contributed by atoms with van der Waals surface area (Å²) in [5.74, 6) is -0.312. The van der Waals surface area contributed by atoms with E-state index >= 15 is 0 Å². The zero-order valence-electron chi connectivity index (χ0n) is 10.1. The number of carbonyl (C=O) groups is 1. The van der Waals surface area contributed by atoms with Gasteiger partial charge in [-0.2, -0.15) is 0 Å². The van der Waals surface area contributed by atoms with E-state index in [2.05, 4.69) is 17.6 Å². The minimum atomic E-state index is -0.312. The van der Waals surface area contributed by atoms with Gasteiger partial charge in [-0.05, 0) is 37.2 Å². The van der Waals surface area contributed by atoms with E-state index in [0.29, 0.717) is 9.99 Å². The number of thiophene rings is 1. The maximum atomic E-state index is 11.4. The Morgan fingerprint density at radius 1 is 1.59 bits per heavy atom. The number of ether oxygens (including phenoxy) is 1. The molecule has 4 nitrogen and oxygen atoms in total. The highest BCUT2D eigenvalue weighted by atomic mass is 32.1. The van der Waals surface area contributed by atoms with Gasteiger partial charge in [0, 0.05) is 6.54 Å². The van der Waals surface area contributed by atoms with Crippen molar-refractivity contribution in [1.29, 1.82) is 0 Å². The first-order valence-electron chi connectivity index (χ1n) is 5.32. The summed E-state index contributed by atoms with van der Waals surface area (Å²) in [7, 11) is 1.38. The maximum absolute atomic E-state index is 11.4. The van der Waals surface area contributed by atoms with Crippen molar-refractivity contribution in [3.63, 3.8) is 0 Å². The summed E-state index contributed by atoms with van der Waals surface area (Å²) in [6, 6.07) is 1.89. The first kappa shape index (κ1) is 13.9. The van der Waals surface area contributed by atoms with Crippen LogP contribution < -0.4 is 10.6 Å². The van der Waals surface area contributed by atoms with Gasteiger partial charge in [0.15, 0.2) is 5.11 Å².